The SMILES string of the molecule is COc1ccc2cc([C@H](C)C(=O)N3CCN(C)CC3)ccc2c1. The van der Waals surface area contributed by atoms with Crippen LogP contribution in [0.2, 0.25) is 0 Å². The van der Waals surface area contributed by atoms with E-state index in [-0.39, 0.29) is 11.8 Å². The molecule has 2 aromatic carbocycles. The first-order chi connectivity index (χ1) is 11.1. The molecule has 0 bridgehead atoms. The lowest BCUT2D eigenvalue weighted by molar-refractivity contribution is -0.134. The van der Waals surface area contributed by atoms with Gasteiger partial charge in [0.05, 0.1) is 13.0 Å². The molecule has 0 aliphatic carbocycles. The van der Waals surface area contributed by atoms with Crippen LogP contribution in [0.4, 0.5) is 0 Å². The molecule has 1 amide bonds. The Kier molecular flexibility index (Phi) is 4.53. The van der Waals surface area contributed by atoms with Gasteiger partial charge in [0.2, 0.25) is 5.91 Å². The van der Waals surface area contributed by atoms with Crippen LogP contribution in [0.5, 0.6) is 5.75 Å². The summed E-state index contributed by atoms with van der Waals surface area (Å²) in [5, 5.41) is 2.27. The van der Waals surface area contributed by atoms with E-state index in [1.54, 1.807) is 7.11 Å². The summed E-state index contributed by atoms with van der Waals surface area (Å²) in [6, 6.07) is 12.3. The van der Waals surface area contributed by atoms with Gasteiger partial charge in [-0.15, -0.1) is 0 Å². The Morgan fingerprint density at radius 2 is 1.70 bits per heavy atom. The smallest absolute Gasteiger partial charge is 0.229 e. The number of rotatable bonds is 3. The summed E-state index contributed by atoms with van der Waals surface area (Å²) in [5.41, 5.74) is 1.08. The van der Waals surface area contributed by atoms with Crippen LogP contribution in [-0.2, 0) is 4.79 Å². The highest BCUT2D eigenvalue weighted by atomic mass is 16.5. The van der Waals surface area contributed by atoms with E-state index in [1.165, 1.54) is 0 Å². The van der Waals surface area contributed by atoms with Crippen molar-refractivity contribution in [1.29, 1.82) is 0 Å². The maximum absolute atomic E-state index is 12.7. The molecule has 1 aliphatic rings. The second kappa shape index (κ2) is 6.59. The summed E-state index contributed by atoms with van der Waals surface area (Å²) in [4.78, 5) is 17.0. The molecule has 1 fully saturated rings. The molecule has 23 heavy (non-hydrogen) atoms. The van der Waals surface area contributed by atoms with Crippen molar-refractivity contribution in [2.45, 2.75) is 12.8 Å². The van der Waals surface area contributed by atoms with Gasteiger partial charge in [0.25, 0.3) is 0 Å². The molecule has 0 unspecified atom stereocenters. The van der Waals surface area contributed by atoms with E-state index >= 15 is 0 Å². The number of hydrogen-bond donors (Lipinski definition) is 0. The van der Waals surface area contributed by atoms with E-state index in [9.17, 15) is 4.79 Å². The molecule has 1 aliphatic heterocycles. The Labute approximate surface area is 137 Å². The van der Waals surface area contributed by atoms with Crippen LogP contribution in [0.25, 0.3) is 10.8 Å². The first-order valence-electron chi connectivity index (χ1n) is 8.13. The van der Waals surface area contributed by atoms with Gasteiger partial charge in [-0.2, -0.15) is 0 Å². The third-order valence-electron chi connectivity index (χ3n) is 4.76. The van der Waals surface area contributed by atoms with Crippen molar-refractivity contribution in [3.05, 3.63) is 42.0 Å². The highest BCUT2D eigenvalue weighted by Gasteiger charge is 2.24. The zero-order valence-electron chi connectivity index (χ0n) is 14.1. The van der Waals surface area contributed by atoms with Crippen LogP contribution in [-0.4, -0.2) is 56.0 Å². The Bertz CT molecular complexity index is 706. The van der Waals surface area contributed by atoms with E-state index in [0.29, 0.717) is 0 Å². The second-order valence-corrected chi connectivity index (χ2v) is 6.32. The number of amides is 1. The molecule has 3 rings (SSSR count). The van der Waals surface area contributed by atoms with Crippen molar-refractivity contribution in [2.75, 3.05) is 40.3 Å². The lowest BCUT2D eigenvalue weighted by atomic mass is 9.96. The van der Waals surface area contributed by atoms with Gasteiger partial charge in [0, 0.05) is 26.2 Å². The summed E-state index contributed by atoms with van der Waals surface area (Å²) in [6.07, 6.45) is 0. The number of methoxy groups -OCH3 is 1. The van der Waals surface area contributed by atoms with Gasteiger partial charge in [0.15, 0.2) is 0 Å². The summed E-state index contributed by atoms with van der Waals surface area (Å²) < 4.78 is 5.26. The maximum Gasteiger partial charge on any atom is 0.229 e. The summed E-state index contributed by atoms with van der Waals surface area (Å²) >= 11 is 0. The van der Waals surface area contributed by atoms with Gasteiger partial charge >= 0.3 is 0 Å². The molecule has 0 N–H and O–H groups in total. The van der Waals surface area contributed by atoms with Crippen molar-refractivity contribution in [3.63, 3.8) is 0 Å². The van der Waals surface area contributed by atoms with Crippen molar-refractivity contribution in [1.82, 2.24) is 9.80 Å². The van der Waals surface area contributed by atoms with E-state index in [4.69, 9.17) is 4.74 Å². The number of carbonyl (C=O) groups is 1. The lowest BCUT2D eigenvalue weighted by Crippen LogP contribution is -2.48. The minimum absolute atomic E-state index is 0.107. The number of fused-ring (bicyclic) bond motifs is 1. The minimum atomic E-state index is -0.107. The van der Waals surface area contributed by atoms with E-state index in [2.05, 4.69) is 30.1 Å². The van der Waals surface area contributed by atoms with Crippen LogP contribution in [0.1, 0.15) is 18.4 Å². The van der Waals surface area contributed by atoms with Gasteiger partial charge in [-0.05, 0) is 42.4 Å². The molecule has 4 heteroatoms. The topological polar surface area (TPSA) is 32.8 Å². The molecule has 0 aromatic heterocycles. The normalized spacial score (nSPS) is 17.3. The van der Waals surface area contributed by atoms with E-state index in [1.807, 2.05) is 30.0 Å². The molecular formula is C19H24N2O2. The Morgan fingerprint density at radius 1 is 1.04 bits per heavy atom. The molecule has 0 spiro atoms. The van der Waals surface area contributed by atoms with Crippen LogP contribution in [0.15, 0.2) is 36.4 Å². The third-order valence-corrected chi connectivity index (χ3v) is 4.76. The number of hydrogen-bond acceptors (Lipinski definition) is 3. The fourth-order valence-corrected chi connectivity index (χ4v) is 3.08. The minimum Gasteiger partial charge on any atom is -0.497 e. The van der Waals surface area contributed by atoms with Crippen LogP contribution >= 0.6 is 0 Å². The molecule has 2 aromatic rings. The van der Waals surface area contributed by atoms with Gasteiger partial charge in [-0.3, -0.25) is 4.79 Å². The fraction of sp³-hybridized carbons (Fsp3) is 0.421. The number of piperazine rings is 1. The average Bonchev–Trinajstić information content (AvgIpc) is 2.60. The largest absolute Gasteiger partial charge is 0.497 e. The van der Waals surface area contributed by atoms with Gasteiger partial charge < -0.3 is 14.5 Å². The van der Waals surface area contributed by atoms with Crippen LogP contribution in [0, 0.1) is 0 Å². The number of carbonyl (C=O) groups excluding carboxylic acids is 1. The van der Waals surface area contributed by atoms with E-state index in [0.717, 1.165) is 48.3 Å². The number of nitrogens with zero attached hydrogens (tertiary/aromatic N) is 2. The quantitative estimate of drug-likeness (QED) is 0.873. The van der Waals surface area contributed by atoms with Crippen molar-refractivity contribution in [2.24, 2.45) is 0 Å². The van der Waals surface area contributed by atoms with Gasteiger partial charge in [-0.1, -0.05) is 24.3 Å². The average molecular weight is 312 g/mol. The highest BCUT2D eigenvalue weighted by molar-refractivity contribution is 5.88. The first-order valence-corrected chi connectivity index (χ1v) is 8.13. The van der Waals surface area contributed by atoms with Crippen LogP contribution < -0.4 is 4.74 Å². The summed E-state index contributed by atoms with van der Waals surface area (Å²) in [7, 11) is 3.77. The second-order valence-electron chi connectivity index (χ2n) is 6.32. The predicted molar refractivity (Wildman–Crippen MR) is 93.0 cm³/mol. The summed E-state index contributed by atoms with van der Waals surface area (Å²) in [6.45, 7) is 5.56. The monoisotopic (exact) mass is 312 g/mol. The van der Waals surface area contributed by atoms with Crippen molar-refractivity contribution < 1.29 is 9.53 Å². The fourth-order valence-electron chi connectivity index (χ4n) is 3.08. The van der Waals surface area contributed by atoms with Gasteiger partial charge in [0.1, 0.15) is 5.75 Å². The van der Waals surface area contributed by atoms with Gasteiger partial charge in [-0.25, -0.2) is 0 Å². The molecule has 4 nitrogen and oxygen atoms in total. The van der Waals surface area contributed by atoms with Crippen molar-refractivity contribution in [3.8, 4) is 5.75 Å². The Balaban J connectivity index is 1.80. The highest BCUT2D eigenvalue weighted by Crippen LogP contribution is 2.26. The third kappa shape index (κ3) is 3.32. The zero-order chi connectivity index (χ0) is 16.4. The van der Waals surface area contributed by atoms with E-state index < -0.39 is 0 Å². The molecular weight excluding hydrogens is 288 g/mol. The number of benzene rings is 2. The molecule has 1 saturated heterocycles. The summed E-state index contributed by atoms with van der Waals surface area (Å²) in [5.74, 6) is 0.975. The molecule has 1 atom stereocenters. The zero-order valence-corrected chi connectivity index (χ0v) is 14.1. The number of likely N-dealkylation sites (N-methyl/N-ethyl adjacent to an activating group) is 1. The number of ether oxygens (including phenoxy) is 1. The molecule has 1 heterocycles. The standard InChI is InChI=1S/C19H24N2O2/c1-14(19(22)21-10-8-20(2)9-11-21)15-4-5-17-13-18(23-3)7-6-16(17)12-15/h4-7,12-14H,8-11H2,1-3H3/t14-/m0/s1. The molecule has 122 valence electrons. The Morgan fingerprint density at radius 3 is 2.39 bits per heavy atom. The molecule has 0 saturated carbocycles. The first kappa shape index (κ1) is 15.8. The lowest BCUT2D eigenvalue weighted by Gasteiger charge is -2.34. The predicted octanol–water partition coefficient (Wildman–Crippen LogP) is 2.73. The Hall–Kier alpha value is -2.07. The molecule has 0 radical (unpaired) electrons. The van der Waals surface area contributed by atoms with Crippen molar-refractivity contribution >= 4 is 16.7 Å². The van der Waals surface area contributed by atoms with Crippen LogP contribution in [0.3, 0.4) is 0 Å². The maximum atomic E-state index is 12.7.